The molecule has 1 unspecified atom stereocenters. The molecule has 5 nitrogen and oxygen atoms in total. The first-order valence-corrected chi connectivity index (χ1v) is 11.9. The summed E-state index contributed by atoms with van der Waals surface area (Å²) in [4.78, 5) is 19.8. The van der Waals surface area contributed by atoms with Crippen molar-refractivity contribution < 1.29 is 9.84 Å². The Morgan fingerprint density at radius 1 is 1.00 bits per heavy atom. The molecule has 0 amide bonds. The molecule has 1 aliphatic carbocycles. The summed E-state index contributed by atoms with van der Waals surface area (Å²) in [6.45, 7) is 0.267. The van der Waals surface area contributed by atoms with Crippen LogP contribution in [0.1, 0.15) is 40.5 Å². The lowest BCUT2D eigenvalue weighted by atomic mass is 9.97. The fraction of sp³-hybridized carbons (Fsp3) is 0.308. The zero-order chi connectivity index (χ0) is 21.9. The van der Waals surface area contributed by atoms with Crippen molar-refractivity contribution in [3.8, 4) is 0 Å². The molecule has 32 heavy (non-hydrogen) atoms. The number of ether oxygens (including phenoxy) is 1. The summed E-state index contributed by atoms with van der Waals surface area (Å²) in [5, 5.41) is 11.5. The number of nitrogens with zero attached hydrogens (tertiary/aromatic N) is 2. The lowest BCUT2D eigenvalue weighted by Crippen LogP contribution is -2.30. The van der Waals surface area contributed by atoms with Gasteiger partial charge in [-0.2, -0.15) is 0 Å². The molecule has 0 fully saturated rings. The number of aliphatic hydroxyl groups is 1. The summed E-state index contributed by atoms with van der Waals surface area (Å²) >= 11 is 1.64. The van der Waals surface area contributed by atoms with Crippen LogP contribution in [-0.2, 0) is 24.1 Å². The van der Waals surface area contributed by atoms with Gasteiger partial charge in [0.2, 0.25) is 0 Å². The van der Waals surface area contributed by atoms with Crippen LogP contribution in [0.2, 0.25) is 0 Å². The smallest absolute Gasteiger partial charge is 0.262 e. The van der Waals surface area contributed by atoms with Gasteiger partial charge in [0.15, 0.2) is 0 Å². The molecule has 1 atom stereocenters. The van der Waals surface area contributed by atoms with Gasteiger partial charge in [-0.25, -0.2) is 4.98 Å². The van der Waals surface area contributed by atoms with Gasteiger partial charge in [-0.1, -0.05) is 60.7 Å². The first kappa shape index (κ1) is 21.1. The highest BCUT2D eigenvalue weighted by atomic mass is 32.1. The molecular weight excluding hydrogens is 420 g/mol. The van der Waals surface area contributed by atoms with Gasteiger partial charge in [0.1, 0.15) is 10.9 Å². The summed E-state index contributed by atoms with van der Waals surface area (Å²) in [6, 6.07) is 19.9. The van der Waals surface area contributed by atoms with Gasteiger partial charge in [-0.3, -0.25) is 9.36 Å². The van der Waals surface area contributed by atoms with Gasteiger partial charge >= 0.3 is 0 Å². The second-order valence-electron chi connectivity index (χ2n) is 8.28. The molecule has 1 N–H and O–H groups in total. The van der Waals surface area contributed by atoms with Crippen molar-refractivity contribution in [2.24, 2.45) is 0 Å². The molecule has 5 rings (SSSR count). The molecule has 164 valence electrons. The summed E-state index contributed by atoms with van der Waals surface area (Å²) in [5.41, 5.74) is 3.16. The minimum absolute atomic E-state index is 0.0591. The van der Waals surface area contributed by atoms with Crippen LogP contribution in [0.4, 0.5) is 0 Å². The van der Waals surface area contributed by atoms with Gasteiger partial charge in [0.05, 0.1) is 31.0 Å². The van der Waals surface area contributed by atoms with Crippen molar-refractivity contribution >= 4 is 21.6 Å². The van der Waals surface area contributed by atoms with E-state index < -0.39 is 6.10 Å². The van der Waals surface area contributed by atoms with Crippen molar-refractivity contribution in [1.29, 1.82) is 0 Å². The molecule has 6 heteroatoms. The molecule has 0 spiro atoms. The maximum Gasteiger partial charge on any atom is 0.262 e. The molecule has 2 aromatic heterocycles. The lowest BCUT2D eigenvalue weighted by Gasteiger charge is -2.21. The van der Waals surface area contributed by atoms with E-state index in [1.54, 1.807) is 17.7 Å². The first-order chi connectivity index (χ1) is 15.7. The summed E-state index contributed by atoms with van der Waals surface area (Å²) in [5.74, 6) is 0. The second-order valence-corrected chi connectivity index (χ2v) is 9.37. The standard InChI is InChI=1S/C26H26N2O3S/c29-20(16-31-24(18-9-3-1-4-10-18)19-11-5-2-6-12-19)15-28-17-27-25-23(26(28)30)21-13-7-8-14-22(21)32-25/h1-6,9-12,17,20,24,29H,7-8,13-16H2. The zero-order valence-electron chi connectivity index (χ0n) is 17.8. The molecule has 0 aliphatic heterocycles. The van der Waals surface area contributed by atoms with Crippen molar-refractivity contribution in [2.75, 3.05) is 6.61 Å². The summed E-state index contributed by atoms with van der Waals surface area (Å²) in [6.07, 6.45) is 4.72. The largest absolute Gasteiger partial charge is 0.389 e. The number of benzene rings is 2. The van der Waals surface area contributed by atoms with E-state index in [0.29, 0.717) is 0 Å². The van der Waals surface area contributed by atoms with Crippen molar-refractivity contribution in [3.05, 3.63) is 98.9 Å². The van der Waals surface area contributed by atoms with E-state index in [4.69, 9.17) is 4.74 Å². The molecule has 4 aromatic rings. The number of aromatic nitrogens is 2. The number of hydrogen-bond acceptors (Lipinski definition) is 5. The molecule has 0 saturated carbocycles. The fourth-order valence-corrected chi connectivity index (χ4v) is 5.66. The highest BCUT2D eigenvalue weighted by Gasteiger charge is 2.21. The van der Waals surface area contributed by atoms with Gasteiger partial charge in [-0.15, -0.1) is 11.3 Å². The molecule has 0 bridgehead atoms. The third-order valence-corrected chi connectivity index (χ3v) is 7.21. The Hall–Kier alpha value is -2.80. The van der Waals surface area contributed by atoms with Gasteiger partial charge in [0.25, 0.3) is 5.56 Å². The van der Waals surface area contributed by atoms with E-state index in [1.807, 2.05) is 60.7 Å². The normalized spacial score (nSPS) is 14.6. The van der Waals surface area contributed by atoms with E-state index in [0.717, 1.165) is 40.6 Å². The minimum atomic E-state index is -0.823. The maximum atomic E-state index is 13.2. The highest BCUT2D eigenvalue weighted by Crippen LogP contribution is 2.33. The van der Waals surface area contributed by atoms with Crippen LogP contribution in [0.3, 0.4) is 0 Å². The van der Waals surface area contributed by atoms with Gasteiger partial charge in [-0.05, 0) is 42.4 Å². The van der Waals surface area contributed by atoms with Crippen molar-refractivity contribution in [1.82, 2.24) is 9.55 Å². The average molecular weight is 447 g/mol. The number of hydrogen-bond donors (Lipinski definition) is 1. The van der Waals surface area contributed by atoms with E-state index in [9.17, 15) is 9.90 Å². The van der Waals surface area contributed by atoms with Crippen LogP contribution in [0.5, 0.6) is 0 Å². The Labute approximate surface area is 190 Å². The van der Waals surface area contributed by atoms with E-state index in [1.165, 1.54) is 21.4 Å². The molecule has 2 heterocycles. The van der Waals surface area contributed by atoms with E-state index in [-0.39, 0.29) is 24.8 Å². The second kappa shape index (κ2) is 9.36. The number of fused-ring (bicyclic) bond motifs is 3. The molecule has 0 radical (unpaired) electrons. The van der Waals surface area contributed by atoms with Crippen LogP contribution in [0.25, 0.3) is 10.2 Å². The third-order valence-electron chi connectivity index (χ3n) is 6.01. The molecule has 1 aliphatic rings. The van der Waals surface area contributed by atoms with Crippen LogP contribution >= 0.6 is 11.3 Å². The average Bonchev–Trinajstić information content (AvgIpc) is 3.22. The monoisotopic (exact) mass is 446 g/mol. The predicted molar refractivity (Wildman–Crippen MR) is 127 cm³/mol. The van der Waals surface area contributed by atoms with E-state index >= 15 is 0 Å². The maximum absolute atomic E-state index is 13.2. The molecule has 0 saturated heterocycles. The van der Waals surface area contributed by atoms with Crippen LogP contribution in [0.15, 0.2) is 71.8 Å². The Morgan fingerprint density at radius 3 is 2.34 bits per heavy atom. The predicted octanol–water partition coefficient (Wildman–Crippen LogP) is 4.50. The van der Waals surface area contributed by atoms with Crippen molar-refractivity contribution in [2.45, 2.75) is 44.4 Å². The van der Waals surface area contributed by atoms with Crippen LogP contribution in [-0.4, -0.2) is 27.4 Å². The fourth-order valence-electron chi connectivity index (χ4n) is 4.44. The van der Waals surface area contributed by atoms with Gasteiger partial charge < -0.3 is 9.84 Å². The van der Waals surface area contributed by atoms with Crippen LogP contribution in [0, 0.1) is 0 Å². The van der Waals surface area contributed by atoms with Gasteiger partial charge in [0, 0.05) is 4.88 Å². The number of aryl methyl sites for hydroxylation is 2. The number of thiophene rings is 1. The third kappa shape index (κ3) is 4.26. The summed E-state index contributed by atoms with van der Waals surface area (Å²) < 4.78 is 7.69. The minimum Gasteiger partial charge on any atom is -0.389 e. The van der Waals surface area contributed by atoms with Crippen molar-refractivity contribution in [3.63, 3.8) is 0 Å². The quantitative estimate of drug-likeness (QED) is 0.454. The summed E-state index contributed by atoms with van der Waals surface area (Å²) in [7, 11) is 0. The van der Waals surface area contributed by atoms with E-state index in [2.05, 4.69) is 4.98 Å². The zero-order valence-corrected chi connectivity index (χ0v) is 18.6. The lowest BCUT2D eigenvalue weighted by molar-refractivity contribution is -0.000984. The van der Waals surface area contributed by atoms with Crippen LogP contribution < -0.4 is 5.56 Å². The Bertz CT molecular complexity index is 1210. The SMILES string of the molecule is O=c1c2c3c(sc2ncn1CC(O)COC(c1ccccc1)c1ccccc1)CCCC3. The first-order valence-electron chi connectivity index (χ1n) is 11.1. The highest BCUT2D eigenvalue weighted by molar-refractivity contribution is 7.18. The number of rotatable bonds is 7. The topological polar surface area (TPSA) is 64.4 Å². The number of aliphatic hydroxyl groups excluding tert-OH is 1. The molecular formula is C26H26N2O3S. The Morgan fingerprint density at radius 2 is 1.66 bits per heavy atom. The molecule has 2 aromatic carbocycles. The Balaban J connectivity index is 1.34. The Kier molecular flexibility index (Phi) is 6.17.